The topological polar surface area (TPSA) is 118 Å². The number of hydrazone groups is 1. The number of urea groups is 1. The normalized spacial score (nSPS) is 22.4. The van der Waals surface area contributed by atoms with Crippen molar-refractivity contribution in [2.45, 2.75) is 32.4 Å². The summed E-state index contributed by atoms with van der Waals surface area (Å²) in [5.74, 6) is -0.937. The number of hydrogen-bond donors (Lipinski definition) is 3. The van der Waals surface area contributed by atoms with Crippen LogP contribution in [0.3, 0.4) is 0 Å². The van der Waals surface area contributed by atoms with E-state index in [9.17, 15) is 14.4 Å². The molecule has 1 saturated heterocycles. The van der Waals surface area contributed by atoms with Crippen molar-refractivity contribution in [2.24, 2.45) is 10.1 Å². The highest BCUT2D eigenvalue weighted by Gasteiger charge is 2.60. The van der Waals surface area contributed by atoms with E-state index >= 15 is 0 Å². The third kappa shape index (κ3) is 2.68. The minimum absolute atomic E-state index is 0.103. The van der Waals surface area contributed by atoms with Crippen LogP contribution >= 0.6 is 0 Å². The van der Waals surface area contributed by atoms with E-state index < -0.39 is 23.5 Å². The summed E-state index contributed by atoms with van der Waals surface area (Å²) < 4.78 is 0. The zero-order valence-electron chi connectivity index (χ0n) is 14.3. The number of aliphatic imine (C=N–C) groups is 1. The van der Waals surface area contributed by atoms with E-state index in [0.717, 1.165) is 12.8 Å². The summed E-state index contributed by atoms with van der Waals surface area (Å²) in [4.78, 5) is 43.9. The lowest BCUT2D eigenvalue weighted by Crippen LogP contribution is -2.61. The van der Waals surface area contributed by atoms with Gasteiger partial charge in [0.15, 0.2) is 5.84 Å². The highest BCUT2D eigenvalue weighted by atomic mass is 16.2. The fourth-order valence-corrected chi connectivity index (χ4v) is 2.50. The monoisotopic (exact) mass is 337 g/mol. The molecule has 0 radical (unpaired) electrons. The second-order valence-corrected chi connectivity index (χ2v) is 5.59. The number of amidine groups is 2. The van der Waals surface area contributed by atoms with Crippen molar-refractivity contribution >= 4 is 29.5 Å². The molecule has 3 N–H and O–H groups in total. The van der Waals surface area contributed by atoms with Gasteiger partial charge in [0.2, 0.25) is 5.84 Å². The van der Waals surface area contributed by atoms with Gasteiger partial charge in [-0.05, 0) is 12.8 Å². The quantitative estimate of drug-likeness (QED) is 0.579. The molecule has 1 atom stereocenters. The maximum absolute atomic E-state index is 12.8. The molecule has 10 nitrogen and oxygen atoms in total. The summed E-state index contributed by atoms with van der Waals surface area (Å²) in [6.07, 6.45) is 1.49. The highest BCUT2D eigenvalue weighted by molar-refractivity contribution is 6.40. The summed E-state index contributed by atoms with van der Waals surface area (Å²) in [6.45, 7) is 4.74. The van der Waals surface area contributed by atoms with E-state index in [4.69, 9.17) is 0 Å². The minimum atomic E-state index is -1.68. The summed E-state index contributed by atoms with van der Waals surface area (Å²) in [6, 6.07) is -0.429. The maximum Gasteiger partial charge on any atom is 0.327 e. The van der Waals surface area contributed by atoms with Gasteiger partial charge in [0.05, 0.1) is 0 Å². The predicted octanol–water partition coefficient (Wildman–Crippen LogP) is -0.952. The van der Waals surface area contributed by atoms with E-state index in [2.05, 4.69) is 26.2 Å². The lowest BCUT2D eigenvalue weighted by atomic mass is 10.1. The van der Waals surface area contributed by atoms with Crippen molar-refractivity contribution in [2.75, 3.05) is 27.2 Å². The Labute approximate surface area is 140 Å². The van der Waals surface area contributed by atoms with Crippen LogP contribution in [0.4, 0.5) is 4.79 Å². The van der Waals surface area contributed by atoms with Gasteiger partial charge in [0.1, 0.15) is 0 Å². The number of nitrogens with zero attached hydrogens (tertiary/aromatic N) is 4. The molecule has 0 bridgehead atoms. The van der Waals surface area contributed by atoms with Gasteiger partial charge in [-0.15, -0.1) is 0 Å². The second kappa shape index (κ2) is 6.85. The predicted molar refractivity (Wildman–Crippen MR) is 88.3 cm³/mol. The number of carbonyl (C=O) groups is 3. The smallest absolute Gasteiger partial charge is 0.327 e. The Morgan fingerprint density at radius 3 is 2.42 bits per heavy atom. The average molecular weight is 337 g/mol. The third-order valence-electron chi connectivity index (χ3n) is 3.83. The van der Waals surface area contributed by atoms with Crippen LogP contribution in [0.2, 0.25) is 0 Å². The summed E-state index contributed by atoms with van der Waals surface area (Å²) in [5, 5.41) is 9.46. The number of fused-ring (bicyclic) bond motifs is 1. The summed E-state index contributed by atoms with van der Waals surface area (Å²) in [7, 11) is 2.97. The van der Waals surface area contributed by atoms with Gasteiger partial charge in [-0.25, -0.2) is 9.79 Å². The summed E-state index contributed by atoms with van der Waals surface area (Å²) >= 11 is 0. The lowest BCUT2D eigenvalue weighted by molar-refractivity contribution is -0.127. The Hall–Kier alpha value is -2.65. The fraction of sp³-hybridized carbons (Fsp3) is 0.643. The summed E-state index contributed by atoms with van der Waals surface area (Å²) in [5.41, 5.74) is 0.856. The van der Waals surface area contributed by atoms with Crippen LogP contribution in [-0.4, -0.2) is 72.2 Å². The van der Waals surface area contributed by atoms with Gasteiger partial charge in [-0.2, -0.15) is 5.10 Å². The highest BCUT2D eigenvalue weighted by Crippen LogP contribution is 2.30. The molecule has 2 heterocycles. The van der Waals surface area contributed by atoms with Crippen molar-refractivity contribution in [1.29, 1.82) is 0 Å². The zero-order chi connectivity index (χ0) is 17.9. The van der Waals surface area contributed by atoms with Crippen molar-refractivity contribution in [3.05, 3.63) is 0 Å². The first kappa shape index (κ1) is 17.7. The molecular formula is C14H23N7O3. The first-order valence-corrected chi connectivity index (χ1v) is 7.92. The van der Waals surface area contributed by atoms with Crippen LogP contribution in [0, 0.1) is 0 Å². The molecule has 2 aliphatic rings. The maximum atomic E-state index is 12.8. The first-order chi connectivity index (χ1) is 11.4. The first-order valence-electron chi connectivity index (χ1n) is 7.92. The van der Waals surface area contributed by atoms with Crippen LogP contribution in [0.1, 0.15) is 26.7 Å². The van der Waals surface area contributed by atoms with E-state index in [1.54, 1.807) is 0 Å². The lowest BCUT2D eigenvalue weighted by Gasteiger charge is -2.32. The van der Waals surface area contributed by atoms with Crippen molar-refractivity contribution in [1.82, 2.24) is 25.9 Å². The zero-order valence-corrected chi connectivity index (χ0v) is 14.3. The van der Waals surface area contributed by atoms with Gasteiger partial charge < -0.3 is 10.6 Å². The molecule has 10 heteroatoms. The molecule has 4 amide bonds. The molecule has 0 aromatic carbocycles. The number of nitrogens with one attached hydrogen (secondary N) is 3. The number of likely N-dealkylation sites (N-methyl/N-ethyl adjacent to an activating group) is 2. The van der Waals surface area contributed by atoms with Gasteiger partial charge in [-0.3, -0.25) is 24.8 Å². The molecule has 1 unspecified atom stereocenters. The Morgan fingerprint density at radius 1 is 1.17 bits per heavy atom. The van der Waals surface area contributed by atoms with E-state index in [1.165, 1.54) is 23.9 Å². The van der Waals surface area contributed by atoms with Crippen LogP contribution in [0.25, 0.3) is 0 Å². The Bertz CT molecular complexity index is 615. The minimum Gasteiger partial charge on any atom is -0.352 e. The fourth-order valence-electron chi connectivity index (χ4n) is 2.50. The molecular weight excluding hydrogens is 314 g/mol. The Kier molecular flexibility index (Phi) is 5.05. The van der Waals surface area contributed by atoms with Crippen LogP contribution in [0.15, 0.2) is 10.1 Å². The molecule has 24 heavy (non-hydrogen) atoms. The number of hydrogen-bond acceptors (Lipinski definition) is 6. The van der Waals surface area contributed by atoms with Crippen molar-refractivity contribution in [3.8, 4) is 0 Å². The largest absolute Gasteiger partial charge is 0.352 e. The van der Waals surface area contributed by atoms with Crippen LogP contribution < -0.4 is 16.1 Å². The van der Waals surface area contributed by atoms with Crippen molar-refractivity contribution in [3.63, 3.8) is 0 Å². The Morgan fingerprint density at radius 2 is 1.79 bits per heavy atom. The van der Waals surface area contributed by atoms with E-state index in [0.29, 0.717) is 13.1 Å². The standard InChI is InChI=1S/C14H23N7O3/c1-5-7-15-10(22)9-17-14(12(23)16-8-6-2)11(19-18-9)20(3)13(24)21(14)4/h5-8H2,1-4H3,(H,15,22)(H,16,23)(H,17,18). The van der Waals surface area contributed by atoms with Gasteiger partial charge >= 0.3 is 6.03 Å². The van der Waals surface area contributed by atoms with Gasteiger partial charge in [0.25, 0.3) is 17.5 Å². The third-order valence-corrected chi connectivity index (χ3v) is 3.83. The van der Waals surface area contributed by atoms with E-state index in [-0.39, 0.29) is 11.7 Å². The SMILES string of the molecule is CCCNC(=O)C1=NC2(C(=O)NCCC)C(=NN1)N(C)C(=O)N2C. The number of rotatable bonds is 6. The number of amides is 4. The molecule has 0 aliphatic carbocycles. The Balaban J connectivity index is 2.42. The van der Waals surface area contributed by atoms with Gasteiger partial charge in [0, 0.05) is 27.2 Å². The molecule has 0 aromatic rings. The van der Waals surface area contributed by atoms with Crippen LogP contribution in [-0.2, 0) is 9.59 Å². The molecule has 0 saturated carbocycles. The second-order valence-electron chi connectivity index (χ2n) is 5.59. The molecule has 1 fully saturated rings. The average Bonchev–Trinajstić information content (AvgIpc) is 2.79. The van der Waals surface area contributed by atoms with Crippen LogP contribution in [0.5, 0.6) is 0 Å². The molecule has 0 aromatic heterocycles. The number of carbonyl (C=O) groups excluding carboxylic acids is 3. The molecule has 2 aliphatic heterocycles. The molecule has 132 valence electrons. The van der Waals surface area contributed by atoms with Gasteiger partial charge in [-0.1, -0.05) is 13.8 Å². The molecule has 0 spiro atoms. The van der Waals surface area contributed by atoms with Crippen molar-refractivity contribution < 1.29 is 14.4 Å². The molecule has 2 rings (SSSR count). The van der Waals surface area contributed by atoms with E-state index in [1.807, 2.05) is 13.8 Å².